The number of benzene rings is 1. The zero-order chi connectivity index (χ0) is 16.8. The van der Waals surface area contributed by atoms with E-state index in [0.717, 1.165) is 25.1 Å². The van der Waals surface area contributed by atoms with E-state index in [4.69, 9.17) is 0 Å². The molecule has 1 aromatic carbocycles. The highest BCUT2D eigenvalue weighted by molar-refractivity contribution is 6.00. The van der Waals surface area contributed by atoms with Crippen LogP contribution in [0.3, 0.4) is 0 Å². The molecule has 0 aliphatic carbocycles. The van der Waals surface area contributed by atoms with Crippen molar-refractivity contribution in [3.8, 4) is 0 Å². The topological polar surface area (TPSA) is 52.7 Å². The second kappa shape index (κ2) is 9.64. The number of amides is 2. The van der Waals surface area contributed by atoms with Crippen molar-refractivity contribution in [1.82, 2.24) is 10.2 Å². The average molecular weight is 354 g/mol. The van der Waals surface area contributed by atoms with E-state index >= 15 is 0 Å². The SMILES string of the molecule is CCCc1ccc(N2CC(C(=O)N(C)CCNC)CC2=O)cc1.Cl. The Morgan fingerprint density at radius 3 is 2.58 bits per heavy atom. The minimum absolute atomic E-state index is 0. The minimum atomic E-state index is -0.236. The van der Waals surface area contributed by atoms with Gasteiger partial charge in [-0.1, -0.05) is 25.5 Å². The van der Waals surface area contributed by atoms with Gasteiger partial charge < -0.3 is 15.1 Å². The lowest BCUT2D eigenvalue weighted by Crippen LogP contribution is -2.38. The molecule has 0 bridgehead atoms. The highest BCUT2D eigenvalue weighted by Gasteiger charge is 2.36. The highest BCUT2D eigenvalue weighted by Crippen LogP contribution is 2.26. The Hall–Kier alpha value is -1.59. The summed E-state index contributed by atoms with van der Waals surface area (Å²) in [4.78, 5) is 28.2. The lowest BCUT2D eigenvalue weighted by Gasteiger charge is -2.21. The average Bonchev–Trinajstić information content (AvgIpc) is 2.94. The molecular weight excluding hydrogens is 326 g/mol. The summed E-state index contributed by atoms with van der Waals surface area (Å²) >= 11 is 0. The van der Waals surface area contributed by atoms with E-state index in [1.165, 1.54) is 5.56 Å². The number of carbonyl (C=O) groups excluding carboxylic acids is 2. The number of rotatable bonds is 7. The summed E-state index contributed by atoms with van der Waals surface area (Å²) in [6.07, 6.45) is 2.46. The van der Waals surface area contributed by atoms with Gasteiger partial charge in [0.2, 0.25) is 11.8 Å². The maximum atomic E-state index is 12.4. The van der Waals surface area contributed by atoms with Crippen LogP contribution >= 0.6 is 12.4 Å². The van der Waals surface area contributed by atoms with E-state index in [1.807, 2.05) is 19.2 Å². The number of carbonyl (C=O) groups is 2. The van der Waals surface area contributed by atoms with Crippen LogP contribution in [0.15, 0.2) is 24.3 Å². The van der Waals surface area contributed by atoms with Gasteiger partial charge in [0.15, 0.2) is 0 Å². The molecule has 2 amide bonds. The molecule has 1 unspecified atom stereocenters. The van der Waals surface area contributed by atoms with E-state index < -0.39 is 0 Å². The van der Waals surface area contributed by atoms with E-state index in [2.05, 4.69) is 24.4 Å². The zero-order valence-electron chi connectivity index (χ0n) is 14.7. The van der Waals surface area contributed by atoms with E-state index in [9.17, 15) is 9.59 Å². The van der Waals surface area contributed by atoms with Crippen molar-refractivity contribution < 1.29 is 9.59 Å². The first kappa shape index (κ1) is 20.5. The normalized spacial score (nSPS) is 16.9. The lowest BCUT2D eigenvalue weighted by molar-refractivity contribution is -0.134. The first-order valence-corrected chi connectivity index (χ1v) is 8.35. The summed E-state index contributed by atoms with van der Waals surface area (Å²) in [5, 5.41) is 3.03. The first-order chi connectivity index (χ1) is 11.1. The van der Waals surface area contributed by atoms with Crippen LogP contribution in [0.1, 0.15) is 25.3 Å². The van der Waals surface area contributed by atoms with Crippen molar-refractivity contribution in [3.05, 3.63) is 29.8 Å². The predicted octanol–water partition coefficient (Wildman–Crippen LogP) is 2.09. The molecule has 0 saturated carbocycles. The van der Waals surface area contributed by atoms with Crippen LogP contribution in [0, 0.1) is 5.92 Å². The summed E-state index contributed by atoms with van der Waals surface area (Å²) in [5.41, 5.74) is 2.17. The lowest BCUT2D eigenvalue weighted by atomic mass is 10.1. The maximum Gasteiger partial charge on any atom is 0.227 e. The standard InChI is InChI=1S/C18H27N3O2.ClH/c1-4-5-14-6-8-16(9-7-14)21-13-15(12-17(21)22)18(23)20(3)11-10-19-2;/h6-9,15,19H,4-5,10-13H2,1-3H3;1H. The minimum Gasteiger partial charge on any atom is -0.344 e. The van der Waals surface area contributed by atoms with E-state index in [1.54, 1.807) is 16.8 Å². The Balaban J connectivity index is 0.00000288. The monoisotopic (exact) mass is 353 g/mol. The van der Waals surface area contributed by atoms with Crippen LogP contribution in [0.5, 0.6) is 0 Å². The Morgan fingerprint density at radius 1 is 1.33 bits per heavy atom. The first-order valence-electron chi connectivity index (χ1n) is 8.35. The highest BCUT2D eigenvalue weighted by atomic mass is 35.5. The van der Waals surface area contributed by atoms with Crippen molar-refractivity contribution in [1.29, 1.82) is 0 Å². The Labute approximate surface area is 150 Å². The van der Waals surface area contributed by atoms with Gasteiger partial charge >= 0.3 is 0 Å². The van der Waals surface area contributed by atoms with Gasteiger partial charge in [-0.15, -0.1) is 12.4 Å². The molecule has 5 nitrogen and oxygen atoms in total. The Morgan fingerprint density at radius 2 is 2.00 bits per heavy atom. The summed E-state index contributed by atoms with van der Waals surface area (Å²) in [6, 6.07) is 8.11. The van der Waals surface area contributed by atoms with Crippen molar-refractivity contribution >= 4 is 29.9 Å². The molecule has 0 radical (unpaired) electrons. The van der Waals surface area contributed by atoms with E-state index in [-0.39, 0.29) is 30.1 Å². The Bertz CT molecular complexity index is 548. The maximum absolute atomic E-state index is 12.4. The molecule has 134 valence electrons. The molecule has 0 spiro atoms. The number of aryl methyl sites for hydroxylation is 1. The molecule has 1 saturated heterocycles. The molecule has 1 aliphatic rings. The van der Waals surface area contributed by atoms with Crippen LogP contribution in [0.25, 0.3) is 0 Å². The second-order valence-corrected chi connectivity index (χ2v) is 6.19. The molecule has 1 atom stereocenters. The van der Waals surface area contributed by atoms with E-state index in [0.29, 0.717) is 19.5 Å². The summed E-state index contributed by atoms with van der Waals surface area (Å²) < 4.78 is 0. The molecule has 24 heavy (non-hydrogen) atoms. The number of halogens is 1. The third kappa shape index (κ3) is 4.95. The van der Waals surface area contributed by atoms with Crippen LogP contribution in [-0.4, -0.2) is 50.4 Å². The fourth-order valence-electron chi connectivity index (χ4n) is 2.96. The number of anilines is 1. The van der Waals surface area contributed by atoms with Crippen molar-refractivity contribution in [3.63, 3.8) is 0 Å². The Kier molecular flexibility index (Phi) is 8.22. The number of hydrogen-bond donors (Lipinski definition) is 1. The second-order valence-electron chi connectivity index (χ2n) is 6.19. The van der Waals surface area contributed by atoms with Crippen LogP contribution in [-0.2, 0) is 16.0 Å². The largest absolute Gasteiger partial charge is 0.344 e. The molecular formula is C18H28ClN3O2. The van der Waals surface area contributed by atoms with Crippen LogP contribution < -0.4 is 10.2 Å². The molecule has 1 N–H and O–H groups in total. The molecule has 1 aliphatic heterocycles. The van der Waals surface area contributed by atoms with Gasteiger partial charge in [0, 0.05) is 38.8 Å². The number of nitrogens with zero attached hydrogens (tertiary/aromatic N) is 2. The molecule has 1 fully saturated rings. The fraction of sp³-hybridized carbons (Fsp3) is 0.556. The number of likely N-dealkylation sites (N-methyl/N-ethyl adjacent to an activating group) is 2. The molecule has 1 heterocycles. The van der Waals surface area contributed by atoms with Gasteiger partial charge in [0.25, 0.3) is 0 Å². The van der Waals surface area contributed by atoms with Crippen LogP contribution in [0.2, 0.25) is 0 Å². The third-order valence-electron chi connectivity index (χ3n) is 4.33. The van der Waals surface area contributed by atoms with Gasteiger partial charge in [-0.3, -0.25) is 9.59 Å². The number of nitrogens with one attached hydrogen (secondary N) is 1. The summed E-state index contributed by atoms with van der Waals surface area (Å²) in [5.74, 6) is -0.146. The van der Waals surface area contributed by atoms with Crippen molar-refractivity contribution in [2.75, 3.05) is 38.6 Å². The third-order valence-corrected chi connectivity index (χ3v) is 4.33. The fourth-order valence-corrected chi connectivity index (χ4v) is 2.96. The van der Waals surface area contributed by atoms with Gasteiger partial charge in [-0.25, -0.2) is 0 Å². The molecule has 1 aromatic rings. The van der Waals surface area contributed by atoms with Gasteiger partial charge in [0.05, 0.1) is 5.92 Å². The quantitative estimate of drug-likeness (QED) is 0.816. The van der Waals surface area contributed by atoms with Gasteiger partial charge in [-0.2, -0.15) is 0 Å². The summed E-state index contributed by atoms with van der Waals surface area (Å²) in [7, 11) is 3.66. The molecule has 2 rings (SSSR count). The van der Waals surface area contributed by atoms with Gasteiger partial charge in [0.1, 0.15) is 0 Å². The predicted molar refractivity (Wildman–Crippen MR) is 99.7 cm³/mol. The van der Waals surface area contributed by atoms with Crippen LogP contribution in [0.4, 0.5) is 5.69 Å². The molecule has 0 aromatic heterocycles. The van der Waals surface area contributed by atoms with Crippen molar-refractivity contribution in [2.24, 2.45) is 5.92 Å². The molecule has 6 heteroatoms. The smallest absolute Gasteiger partial charge is 0.227 e. The van der Waals surface area contributed by atoms with Crippen molar-refractivity contribution in [2.45, 2.75) is 26.2 Å². The van der Waals surface area contributed by atoms with Gasteiger partial charge in [-0.05, 0) is 31.2 Å². The summed E-state index contributed by atoms with van der Waals surface area (Å²) in [6.45, 7) is 4.05. The number of hydrogen-bond acceptors (Lipinski definition) is 3. The zero-order valence-corrected chi connectivity index (χ0v) is 15.6.